The van der Waals surface area contributed by atoms with Gasteiger partial charge in [0.2, 0.25) is 5.43 Å². The van der Waals surface area contributed by atoms with E-state index in [1.165, 1.54) is 6.20 Å². The van der Waals surface area contributed by atoms with Crippen LogP contribution in [0.5, 0.6) is 5.75 Å². The number of pyridine rings is 1. The molecule has 1 aromatic heterocycles. The number of rotatable bonds is 4. The van der Waals surface area contributed by atoms with Gasteiger partial charge in [-0.3, -0.25) is 9.59 Å². The van der Waals surface area contributed by atoms with Crippen LogP contribution >= 0.6 is 0 Å². The molecule has 1 amide bonds. The number of fused-ring (bicyclic) bond motifs is 3. The van der Waals surface area contributed by atoms with Crippen molar-refractivity contribution in [2.45, 2.75) is 38.5 Å². The Balaban J connectivity index is 1.85. The van der Waals surface area contributed by atoms with Gasteiger partial charge in [0.05, 0.1) is 12.1 Å². The van der Waals surface area contributed by atoms with E-state index < -0.39 is 11.4 Å². The number of carbonyl (C=O) groups is 2. The molecule has 0 radical (unpaired) electrons. The number of carboxylic acid groups (broad SMARTS) is 1. The fraction of sp³-hybridized carbons (Fsp3) is 0.381. The molecule has 28 heavy (non-hydrogen) atoms. The SMILES string of the molecule is CC1C[C@@H]2[C@H](C1)N(C)C(=O)c1c(OCc3ccccc3)c(=O)c(C(=O)O)cn12. The van der Waals surface area contributed by atoms with Crippen LogP contribution < -0.4 is 10.2 Å². The van der Waals surface area contributed by atoms with E-state index in [0.717, 1.165) is 18.4 Å². The molecular formula is C21H22N2O5. The van der Waals surface area contributed by atoms with E-state index in [4.69, 9.17) is 4.74 Å². The molecule has 1 N–H and O–H groups in total. The maximum Gasteiger partial charge on any atom is 0.341 e. The van der Waals surface area contributed by atoms with Crippen LogP contribution in [0.1, 0.15) is 52.2 Å². The molecule has 1 unspecified atom stereocenters. The Morgan fingerprint density at radius 1 is 1.18 bits per heavy atom. The largest absolute Gasteiger partial charge is 0.483 e. The van der Waals surface area contributed by atoms with Gasteiger partial charge in [-0.25, -0.2) is 4.79 Å². The molecular weight excluding hydrogens is 360 g/mol. The van der Waals surface area contributed by atoms with Gasteiger partial charge in [-0.15, -0.1) is 0 Å². The lowest BCUT2D eigenvalue weighted by atomic mass is 10.0. The Labute approximate surface area is 162 Å². The summed E-state index contributed by atoms with van der Waals surface area (Å²) in [6.45, 7) is 2.19. The summed E-state index contributed by atoms with van der Waals surface area (Å²) in [5.74, 6) is -1.41. The molecule has 2 aliphatic rings. The van der Waals surface area contributed by atoms with Gasteiger partial charge in [0.25, 0.3) is 5.91 Å². The number of hydrogen-bond acceptors (Lipinski definition) is 4. The zero-order valence-corrected chi connectivity index (χ0v) is 15.8. The molecule has 4 rings (SSSR count). The van der Waals surface area contributed by atoms with Crippen molar-refractivity contribution >= 4 is 11.9 Å². The summed E-state index contributed by atoms with van der Waals surface area (Å²) in [6, 6.07) is 9.16. The van der Waals surface area contributed by atoms with Gasteiger partial charge in [0.15, 0.2) is 11.4 Å². The smallest absolute Gasteiger partial charge is 0.341 e. The molecule has 146 valence electrons. The fourth-order valence-electron chi connectivity index (χ4n) is 4.36. The number of carbonyl (C=O) groups excluding carboxylic acids is 1. The molecule has 7 nitrogen and oxygen atoms in total. The maximum absolute atomic E-state index is 13.1. The first-order valence-corrected chi connectivity index (χ1v) is 9.34. The van der Waals surface area contributed by atoms with Crippen molar-refractivity contribution in [3.8, 4) is 5.75 Å². The number of aromatic nitrogens is 1. The molecule has 1 aliphatic heterocycles. The summed E-state index contributed by atoms with van der Waals surface area (Å²) in [4.78, 5) is 39.2. The summed E-state index contributed by atoms with van der Waals surface area (Å²) in [7, 11) is 1.73. The summed E-state index contributed by atoms with van der Waals surface area (Å²) >= 11 is 0. The van der Waals surface area contributed by atoms with Gasteiger partial charge >= 0.3 is 5.97 Å². The summed E-state index contributed by atoms with van der Waals surface area (Å²) in [5, 5.41) is 9.52. The predicted molar refractivity (Wildman–Crippen MR) is 102 cm³/mol. The highest BCUT2D eigenvalue weighted by atomic mass is 16.5. The highest BCUT2D eigenvalue weighted by Gasteiger charge is 2.45. The van der Waals surface area contributed by atoms with Gasteiger partial charge in [-0.2, -0.15) is 0 Å². The second kappa shape index (κ2) is 6.82. The Morgan fingerprint density at radius 3 is 2.54 bits per heavy atom. The van der Waals surface area contributed by atoms with E-state index in [1.807, 2.05) is 30.3 Å². The Morgan fingerprint density at radius 2 is 1.86 bits per heavy atom. The number of aromatic carboxylic acids is 1. The van der Waals surface area contributed by atoms with Crippen LogP contribution in [0.2, 0.25) is 0 Å². The van der Waals surface area contributed by atoms with Gasteiger partial charge in [0, 0.05) is 13.2 Å². The Hall–Kier alpha value is -3.09. The summed E-state index contributed by atoms with van der Waals surface area (Å²) in [5.41, 5.74) is -0.169. The maximum atomic E-state index is 13.1. The van der Waals surface area contributed by atoms with Crippen molar-refractivity contribution in [3.05, 3.63) is 63.6 Å². The molecule has 2 aromatic rings. The molecule has 1 aromatic carbocycles. The first-order chi connectivity index (χ1) is 13.4. The normalized spacial score (nSPS) is 23.3. The molecule has 3 atom stereocenters. The molecule has 1 saturated carbocycles. The van der Waals surface area contributed by atoms with Crippen LogP contribution in [0.3, 0.4) is 0 Å². The minimum atomic E-state index is -1.32. The Bertz CT molecular complexity index is 998. The predicted octanol–water partition coefficient (Wildman–Crippen LogP) is 2.55. The van der Waals surface area contributed by atoms with E-state index in [0.29, 0.717) is 5.92 Å². The van der Waals surface area contributed by atoms with Crippen LogP contribution in [0, 0.1) is 5.92 Å². The number of benzene rings is 1. The van der Waals surface area contributed by atoms with Gasteiger partial charge < -0.3 is 19.3 Å². The van der Waals surface area contributed by atoms with Gasteiger partial charge in [-0.1, -0.05) is 37.3 Å². The third kappa shape index (κ3) is 2.87. The van der Waals surface area contributed by atoms with Crippen molar-refractivity contribution < 1.29 is 19.4 Å². The van der Waals surface area contributed by atoms with Crippen molar-refractivity contribution in [1.29, 1.82) is 0 Å². The van der Waals surface area contributed by atoms with Gasteiger partial charge in [-0.05, 0) is 24.3 Å². The number of hydrogen-bond donors (Lipinski definition) is 1. The molecule has 2 heterocycles. The number of ether oxygens (including phenoxy) is 1. The van der Waals surface area contributed by atoms with Crippen molar-refractivity contribution in [1.82, 2.24) is 9.47 Å². The molecule has 0 bridgehead atoms. The van der Waals surface area contributed by atoms with Crippen LogP contribution in [0.15, 0.2) is 41.3 Å². The van der Waals surface area contributed by atoms with Crippen LogP contribution in [0.4, 0.5) is 0 Å². The molecule has 1 fully saturated rings. The fourth-order valence-corrected chi connectivity index (χ4v) is 4.36. The first kappa shape index (κ1) is 18.3. The monoisotopic (exact) mass is 382 g/mol. The lowest BCUT2D eigenvalue weighted by Gasteiger charge is -2.38. The third-order valence-corrected chi connectivity index (χ3v) is 5.76. The second-order valence-corrected chi connectivity index (χ2v) is 7.66. The van der Waals surface area contributed by atoms with E-state index >= 15 is 0 Å². The van der Waals surface area contributed by atoms with Crippen LogP contribution in [0.25, 0.3) is 0 Å². The summed E-state index contributed by atoms with van der Waals surface area (Å²) in [6.07, 6.45) is 2.98. The zero-order chi connectivity index (χ0) is 20.0. The van der Waals surface area contributed by atoms with Crippen molar-refractivity contribution in [3.63, 3.8) is 0 Å². The van der Waals surface area contributed by atoms with Crippen LogP contribution in [-0.2, 0) is 6.61 Å². The minimum absolute atomic E-state index is 0.0129. The topological polar surface area (TPSA) is 88.8 Å². The third-order valence-electron chi connectivity index (χ3n) is 5.76. The minimum Gasteiger partial charge on any atom is -0.483 e. The highest BCUT2D eigenvalue weighted by Crippen LogP contribution is 2.42. The van der Waals surface area contributed by atoms with Gasteiger partial charge in [0.1, 0.15) is 12.2 Å². The van der Waals surface area contributed by atoms with Crippen LogP contribution in [-0.4, -0.2) is 39.5 Å². The first-order valence-electron chi connectivity index (χ1n) is 9.34. The van der Waals surface area contributed by atoms with E-state index in [-0.39, 0.29) is 41.6 Å². The van der Waals surface area contributed by atoms with E-state index in [1.54, 1.807) is 16.5 Å². The van der Waals surface area contributed by atoms with E-state index in [9.17, 15) is 19.5 Å². The standard InChI is InChI=1S/C21H22N2O5/c1-12-8-15-16(9-12)23-10-14(21(26)27)18(24)19(17(23)20(25)22(15)2)28-11-13-6-4-3-5-7-13/h3-7,10,12,15-16H,8-9,11H2,1-2H3,(H,26,27)/t12?,15-,16+/m0/s1. The lowest BCUT2D eigenvalue weighted by molar-refractivity contribution is 0.0604. The average molecular weight is 382 g/mol. The average Bonchev–Trinajstić information content (AvgIpc) is 3.07. The van der Waals surface area contributed by atoms with Crippen molar-refractivity contribution in [2.75, 3.05) is 7.05 Å². The lowest BCUT2D eigenvalue weighted by Crippen LogP contribution is -2.48. The molecule has 0 spiro atoms. The van der Waals surface area contributed by atoms with Crippen molar-refractivity contribution in [2.24, 2.45) is 5.92 Å². The number of nitrogens with zero attached hydrogens (tertiary/aromatic N) is 2. The quantitative estimate of drug-likeness (QED) is 0.878. The van der Waals surface area contributed by atoms with E-state index in [2.05, 4.69) is 6.92 Å². The number of carboxylic acids is 1. The molecule has 7 heteroatoms. The zero-order valence-electron chi connectivity index (χ0n) is 15.8. The second-order valence-electron chi connectivity index (χ2n) is 7.66. The molecule has 0 saturated heterocycles. The number of likely N-dealkylation sites (N-methyl/N-ethyl adjacent to an activating group) is 1. The summed E-state index contributed by atoms with van der Waals surface area (Å²) < 4.78 is 7.43. The molecule has 1 aliphatic carbocycles. The highest BCUT2D eigenvalue weighted by molar-refractivity contribution is 5.98. The number of amides is 1. The Kier molecular flexibility index (Phi) is 4.45.